The van der Waals surface area contributed by atoms with Gasteiger partial charge in [-0.25, -0.2) is 0 Å². The average molecular weight is 288 g/mol. The van der Waals surface area contributed by atoms with E-state index in [0.717, 1.165) is 5.56 Å². The molecule has 0 saturated heterocycles. The Hall–Kier alpha value is -2.34. The summed E-state index contributed by atoms with van der Waals surface area (Å²) in [6.45, 7) is 4.05. The van der Waals surface area contributed by atoms with E-state index in [9.17, 15) is 9.59 Å². The topological polar surface area (TPSA) is 104 Å². The Balaban J connectivity index is 2.02. The van der Waals surface area contributed by atoms with Gasteiger partial charge >= 0.3 is 0 Å². The number of amides is 1. The molecule has 6 heteroatoms. The van der Waals surface area contributed by atoms with E-state index in [2.05, 4.69) is 15.5 Å². The predicted molar refractivity (Wildman–Crippen MR) is 82.9 cm³/mol. The monoisotopic (exact) mass is 288 g/mol. The number of hydrogen-bond acceptors (Lipinski definition) is 3. The van der Waals surface area contributed by atoms with Crippen LogP contribution in [0.4, 0.5) is 5.69 Å². The summed E-state index contributed by atoms with van der Waals surface area (Å²) in [6, 6.07) is 8.17. The molecule has 0 radical (unpaired) electrons. The molecule has 1 amide bonds. The van der Waals surface area contributed by atoms with E-state index in [1.54, 1.807) is 12.1 Å². The number of aromatic amines is 2. The molecule has 0 fully saturated rings. The highest BCUT2D eigenvalue weighted by molar-refractivity contribution is 5.94. The van der Waals surface area contributed by atoms with E-state index in [1.165, 1.54) is 6.07 Å². The number of hydrogen-bond donors (Lipinski definition) is 4. The van der Waals surface area contributed by atoms with Crippen molar-refractivity contribution in [3.8, 4) is 11.3 Å². The van der Waals surface area contributed by atoms with Crippen molar-refractivity contribution >= 4 is 11.6 Å². The van der Waals surface area contributed by atoms with Crippen LogP contribution in [0.15, 0.2) is 35.1 Å². The fourth-order valence-electron chi connectivity index (χ4n) is 2.07. The Morgan fingerprint density at radius 3 is 2.43 bits per heavy atom. The molecule has 1 unspecified atom stereocenters. The van der Waals surface area contributed by atoms with E-state index in [-0.39, 0.29) is 11.5 Å². The van der Waals surface area contributed by atoms with Gasteiger partial charge in [-0.2, -0.15) is 0 Å². The minimum absolute atomic E-state index is 0.179. The Labute approximate surface area is 122 Å². The van der Waals surface area contributed by atoms with Gasteiger partial charge in [0.05, 0.1) is 11.7 Å². The molecule has 0 aliphatic rings. The maximum absolute atomic E-state index is 11.9. The first kappa shape index (κ1) is 15.1. The Morgan fingerprint density at radius 1 is 1.24 bits per heavy atom. The van der Waals surface area contributed by atoms with Crippen LogP contribution in [-0.2, 0) is 4.79 Å². The zero-order valence-corrected chi connectivity index (χ0v) is 12.1. The minimum atomic E-state index is -0.509. The number of rotatable bonds is 5. The second-order valence-electron chi connectivity index (χ2n) is 5.47. The lowest BCUT2D eigenvalue weighted by Crippen LogP contribution is -2.36. The SMILES string of the molecule is CC(C)CC(N)C(=O)Nc1ccc(-c2cc(=O)[nH][nH]2)cc1. The van der Waals surface area contributed by atoms with E-state index in [0.29, 0.717) is 23.7 Å². The summed E-state index contributed by atoms with van der Waals surface area (Å²) in [7, 11) is 0. The first-order chi connectivity index (χ1) is 9.95. The molecule has 1 aromatic heterocycles. The van der Waals surface area contributed by atoms with Crippen molar-refractivity contribution in [1.82, 2.24) is 10.2 Å². The van der Waals surface area contributed by atoms with E-state index >= 15 is 0 Å². The zero-order valence-electron chi connectivity index (χ0n) is 12.1. The summed E-state index contributed by atoms with van der Waals surface area (Å²) < 4.78 is 0. The van der Waals surface area contributed by atoms with Crippen molar-refractivity contribution in [3.63, 3.8) is 0 Å². The molecule has 0 saturated carbocycles. The number of H-pyrrole nitrogens is 2. The third-order valence-corrected chi connectivity index (χ3v) is 3.12. The van der Waals surface area contributed by atoms with Gasteiger partial charge in [-0.1, -0.05) is 26.0 Å². The van der Waals surface area contributed by atoms with Gasteiger partial charge < -0.3 is 11.1 Å². The smallest absolute Gasteiger partial charge is 0.264 e. The number of carbonyl (C=O) groups is 1. The van der Waals surface area contributed by atoms with Gasteiger partial charge in [0, 0.05) is 11.8 Å². The lowest BCUT2D eigenvalue weighted by atomic mass is 10.0. The molecule has 2 rings (SSSR count). The maximum Gasteiger partial charge on any atom is 0.264 e. The molecule has 0 bridgehead atoms. The third kappa shape index (κ3) is 4.06. The zero-order chi connectivity index (χ0) is 15.4. The second kappa shape index (κ2) is 6.41. The van der Waals surface area contributed by atoms with Gasteiger partial charge in [-0.15, -0.1) is 0 Å². The lowest BCUT2D eigenvalue weighted by Gasteiger charge is -2.14. The molecule has 0 spiro atoms. The Morgan fingerprint density at radius 2 is 1.90 bits per heavy atom. The first-order valence-electron chi connectivity index (χ1n) is 6.90. The largest absolute Gasteiger partial charge is 0.325 e. The van der Waals surface area contributed by atoms with Crippen LogP contribution in [0, 0.1) is 5.92 Å². The number of nitrogens with one attached hydrogen (secondary N) is 3. The molecule has 0 aliphatic heterocycles. The molecular formula is C15H20N4O2. The Bertz CT molecular complexity index is 655. The number of anilines is 1. The van der Waals surface area contributed by atoms with Gasteiger partial charge in [0.1, 0.15) is 0 Å². The van der Waals surface area contributed by atoms with E-state index in [1.807, 2.05) is 26.0 Å². The number of carbonyl (C=O) groups excluding carboxylic acids is 1. The summed E-state index contributed by atoms with van der Waals surface area (Å²) in [5.41, 5.74) is 7.90. The second-order valence-corrected chi connectivity index (χ2v) is 5.47. The van der Waals surface area contributed by atoms with Crippen LogP contribution < -0.4 is 16.6 Å². The fraction of sp³-hybridized carbons (Fsp3) is 0.333. The van der Waals surface area contributed by atoms with Gasteiger partial charge in [-0.05, 0) is 30.0 Å². The van der Waals surface area contributed by atoms with Gasteiger partial charge in [-0.3, -0.25) is 19.8 Å². The summed E-state index contributed by atoms with van der Waals surface area (Å²) in [5.74, 6) is 0.185. The number of aromatic nitrogens is 2. The van der Waals surface area contributed by atoms with E-state index < -0.39 is 6.04 Å². The summed E-state index contributed by atoms with van der Waals surface area (Å²) in [6.07, 6.45) is 0.647. The Kier molecular flexibility index (Phi) is 4.59. The molecule has 5 N–H and O–H groups in total. The van der Waals surface area contributed by atoms with Crippen LogP contribution in [0.3, 0.4) is 0 Å². The first-order valence-corrected chi connectivity index (χ1v) is 6.90. The minimum Gasteiger partial charge on any atom is -0.325 e. The predicted octanol–water partition coefficient (Wildman–Crippen LogP) is 1.68. The molecular weight excluding hydrogens is 268 g/mol. The van der Waals surface area contributed by atoms with Gasteiger partial charge in [0.2, 0.25) is 5.91 Å². The third-order valence-electron chi connectivity index (χ3n) is 3.12. The number of benzene rings is 1. The summed E-state index contributed by atoms with van der Waals surface area (Å²) in [4.78, 5) is 23.0. The van der Waals surface area contributed by atoms with Crippen LogP contribution in [0.5, 0.6) is 0 Å². The van der Waals surface area contributed by atoms with Crippen molar-refractivity contribution in [2.75, 3.05) is 5.32 Å². The van der Waals surface area contributed by atoms with Crippen molar-refractivity contribution in [2.24, 2.45) is 11.7 Å². The molecule has 112 valence electrons. The maximum atomic E-state index is 11.9. The highest BCUT2D eigenvalue weighted by atomic mass is 16.2. The van der Waals surface area contributed by atoms with Crippen LogP contribution in [0.25, 0.3) is 11.3 Å². The highest BCUT2D eigenvalue weighted by Gasteiger charge is 2.15. The van der Waals surface area contributed by atoms with Crippen LogP contribution in [-0.4, -0.2) is 22.1 Å². The molecule has 1 heterocycles. The van der Waals surface area contributed by atoms with Gasteiger partial charge in [0.15, 0.2) is 0 Å². The van der Waals surface area contributed by atoms with Gasteiger partial charge in [0.25, 0.3) is 5.56 Å². The van der Waals surface area contributed by atoms with Crippen molar-refractivity contribution < 1.29 is 4.79 Å². The molecule has 1 atom stereocenters. The van der Waals surface area contributed by atoms with Crippen molar-refractivity contribution in [2.45, 2.75) is 26.3 Å². The lowest BCUT2D eigenvalue weighted by molar-refractivity contribution is -0.117. The fourth-order valence-corrected chi connectivity index (χ4v) is 2.07. The molecule has 21 heavy (non-hydrogen) atoms. The summed E-state index contributed by atoms with van der Waals surface area (Å²) >= 11 is 0. The quantitative estimate of drug-likeness (QED) is 0.673. The molecule has 0 aliphatic carbocycles. The molecule has 6 nitrogen and oxygen atoms in total. The molecule has 1 aromatic carbocycles. The van der Waals surface area contributed by atoms with Crippen molar-refractivity contribution in [1.29, 1.82) is 0 Å². The van der Waals surface area contributed by atoms with Crippen molar-refractivity contribution in [3.05, 3.63) is 40.7 Å². The van der Waals surface area contributed by atoms with Crippen LogP contribution >= 0.6 is 0 Å². The van der Waals surface area contributed by atoms with Crippen LogP contribution in [0.2, 0.25) is 0 Å². The van der Waals surface area contributed by atoms with E-state index in [4.69, 9.17) is 5.73 Å². The highest BCUT2D eigenvalue weighted by Crippen LogP contribution is 2.18. The standard InChI is InChI=1S/C15H20N4O2/c1-9(2)7-12(16)15(21)17-11-5-3-10(4-6-11)13-8-14(20)19-18-13/h3-6,8-9,12H,7,16H2,1-2H3,(H,17,21)(H2,18,19,20). The normalized spacial score (nSPS) is 12.4. The van der Waals surface area contributed by atoms with Crippen LogP contribution in [0.1, 0.15) is 20.3 Å². The number of nitrogens with two attached hydrogens (primary N) is 1. The summed E-state index contributed by atoms with van der Waals surface area (Å²) in [5, 5.41) is 8.04. The average Bonchev–Trinajstić information content (AvgIpc) is 2.85. The molecule has 2 aromatic rings.